The molecule has 0 unspecified atom stereocenters. The van der Waals surface area contributed by atoms with Gasteiger partial charge >= 0.3 is 0 Å². The van der Waals surface area contributed by atoms with Crippen LogP contribution in [0, 0.1) is 0 Å². The molecule has 496 valence electrons. The van der Waals surface area contributed by atoms with Gasteiger partial charge in [0, 0.05) is 65.8 Å². The molecule has 0 fully saturated rings. The molecule has 4 heteroatoms. The maximum atomic E-state index is 2.47. The molecule has 4 heterocycles. The minimum Gasteiger partial charge on any atom is -0.309 e. The molecule has 106 heavy (non-hydrogen) atoms. The minimum absolute atomic E-state index is 1.14. The summed E-state index contributed by atoms with van der Waals surface area (Å²) in [5.74, 6) is 0. The normalized spacial score (nSPS) is 11.6. The maximum absolute atomic E-state index is 2.47. The van der Waals surface area contributed by atoms with Crippen LogP contribution in [0.4, 0.5) is 0 Å². The lowest BCUT2D eigenvalue weighted by atomic mass is 9.98. The highest BCUT2D eigenvalue weighted by molar-refractivity contribution is 6.21. The molecule has 21 rings (SSSR count). The first-order chi connectivity index (χ1) is 52.6. The molecule has 0 atom stereocenters. The Labute approximate surface area is 614 Å². The summed E-state index contributed by atoms with van der Waals surface area (Å²) in [5, 5.41) is 9.93. The first-order valence-electron chi connectivity index (χ1n) is 36.4. The maximum Gasteiger partial charge on any atom is 0.0548 e. The molecular formula is C102H68N4. The Morgan fingerprint density at radius 1 is 0.104 bits per heavy atom. The molecular weight excluding hydrogens is 1280 g/mol. The second-order valence-corrected chi connectivity index (χ2v) is 27.6. The molecule has 4 aromatic heterocycles. The number of para-hydroxylation sites is 4. The van der Waals surface area contributed by atoms with Gasteiger partial charge in [-0.25, -0.2) is 0 Å². The molecule has 4 nitrogen and oxygen atoms in total. The zero-order valence-corrected chi connectivity index (χ0v) is 58.0. The van der Waals surface area contributed by atoms with Gasteiger partial charge in [0.2, 0.25) is 0 Å². The van der Waals surface area contributed by atoms with E-state index >= 15 is 0 Å². The monoisotopic (exact) mass is 1350 g/mol. The topological polar surface area (TPSA) is 19.7 Å². The first kappa shape index (κ1) is 61.8. The summed E-state index contributed by atoms with van der Waals surface area (Å²) in [6, 6.07) is 150. The largest absolute Gasteiger partial charge is 0.309 e. The fourth-order valence-corrected chi connectivity index (χ4v) is 16.4. The molecule has 0 spiro atoms. The van der Waals surface area contributed by atoms with Gasteiger partial charge in [0.15, 0.2) is 0 Å². The molecule has 0 saturated carbocycles. The second-order valence-electron chi connectivity index (χ2n) is 27.6. The number of fused-ring (bicyclic) bond motifs is 12. The molecule has 21 aromatic rings. The summed E-state index contributed by atoms with van der Waals surface area (Å²) < 4.78 is 9.78. The fourth-order valence-electron chi connectivity index (χ4n) is 16.4. The molecule has 0 saturated heterocycles. The van der Waals surface area contributed by atoms with Crippen molar-refractivity contribution in [3.63, 3.8) is 0 Å². The minimum atomic E-state index is 1.14. The van der Waals surface area contributed by atoms with Gasteiger partial charge in [0.05, 0.1) is 44.1 Å². The van der Waals surface area contributed by atoms with Gasteiger partial charge in [-0.15, -0.1) is 0 Å². The van der Waals surface area contributed by atoms with Crippen molar-refractivity contribution < 1.29 is 0 Å². The van der Waals surface area contributed by atoms with Crippen LogP contribution in [0.3, 0.4) is 0 Å². The Morgan fingerprint density at radius 3 is 0.585 bits per heavy atom. The van der Waals surface area contributed by atoms with Gasteiger partial charge < -0.3 is 18.3 Å². The van der Waals surface area contributed by atoms with Gasteiger partial charge in [-0.3, -0.25) is 0 Å². The van der Waals surface area contributed by atoms with Gasteiger partial charge in [-0.1, -0.05) is 309 Å². The van der Waals surface area contributed by atoms with E-state index in [4.69, 9.17) is 0 Å². The van der Waals surface area contributed by atoms with E-state index < -0.39 is 0 Å². The van der Waals surface area contributed by atoms with Crippen LogP contribution < -0.4 is 0 Å². The summed E-state index contributed by atoms with van der Waals surface area (Å²) in [7, 11) is 0. The van der Waals surface area contributed by atoms with Crippen LogP contribution in [0.25, 0.3) is 188 Å². The number of hydrogen-bond donors (Lipinski definition) is 0. The molecule has 0 N–H and O–H groups in total. The van der Waals surface area contributed by atoms with Crippen molar-refractivity contribution in [2.45, 2.75) is 0 Å². The Hall–Kier alpha value is -14.1. The van der Waals surface area contributed by atoms with Crippen LogP contribution in [0.5, 0.6) is 0 Å². The Bertz CT molecular complexity index is 6820. The van der Waals surface area contributed by atoms with Crippen molar-refractivity contribution in [2.75, 3.05) is 0 Å². The molecule has 0 aliphatic heterocycles. The predicted octanol–water partition coefficient (Wildman–Crippen LogP) is 27.4. The highest BCUT2D eigenvalue weighted by atomic mass is 15.0. The highest BCUT2D eigenvalue weighted by Gasteiger charge is 2.23. The third kappa shape index (κ3) is 10.9. The van der Waals surface area contributed by atoms with Gasteiger partial charge in [0.1, 0.15) is 0 Å². The summed E-state index contributed by atoms with van der Waals surface area (Å²) in [6.45, 7) is 0. The quantitative estimate of drug-likeness (QED) is 0.123. The van der Waals surface area contributed by atoms with Gasteiger partial charge in [-0.2, -0.15) is 0 Å². The van der Waals surface area contributed by atoms with E-state index in [1.165, 1.54) is 165 Å². The Balaban J connectivity index is 0.000000141. The van der Waals surface area contributed by atoms with Gasteiger partial charge in [-0.05, 0) is 181 Å². The van der Waals surface area contributed by atoms with E-state index in [9.17, 15) is 0 Å². The van der Waals surface area contributed by atoms with Crippen molar-refractivity contribution in [2.24, 2.45) is 0 Å². The van der Waals surface area contributed by atoms with Crippen molar-refractivity contribution in [1.82, 2.24) is 18.3 Å². The lowest BCUT2D eigenvalue weighted by Crippen LogP contribution is -1.96. The summed E-state index contributed by atoms with van der Waals surface area (Å²) in [6.07, 6.45) is 0. The van der Waals surface area contributed by atoms with E-state index in [1.54, 1.807) is 0 Å². The average molecular weight is 1350 g/mol. The number of nitrogens with zero attached hydrogens (tertiary/aromatic N) is 4. The molecule has 0 bridgehead atoms. The second kappa shape index (κ2) is 26.1. The van der Waals surface area contributed by atoms with Gasteiger partial charge in [0.25, 0.3) is 0 Å². The first-order valence-corrected chi connectivity index (χ1v) is 36.4. The lowest BCUT2D eigenvalue weighted by Gasteiger charge is -2.14. The van der Waals surface area contributed by atoms with Crippen molar-refractivity contribution in [3.05, 3.63) is 413 Å². The third-order valence-electron chi connectivity index (χ3n) is 21.4. The highest BCUT2D eigenvalue weighted by Crippen LogP contribution is 2.44. The van der Waals surface area contributed by atoms with Crippen LogP contribution in [-0.4, -0.2) is 18.3 Å². The summed E-state index contributed by atoms with van der Waals surface area (Å²) in [4.78, 5) is 0. The fraction of sp³-hybridized carbons (Fsp3) is 0. The van der Waals surface area contributed by atoms with Crippen LogP contribution >= 0.6 is 0 Å². The molecule has 0 amide bonds. The van der Waals surface area contributed by atoms with Crippen LogP contribution in [-0.2, 0) is 0 Å². The number of aromatic nitrogens is 4. The van der Waals surface area contributed by atoms with Crippen molar-refractivity contribution in [3.8, 4) is 101 Å². The predicted molar refractivity (Wildman–Crippen MR) is 448 cm³/mol. The standard InChI is InChI=1S/C54H36N2.C48H32N2/c1-4-15-37(16-5-1)40-27-29-41(30-28-40)42-21-14-22-45(32-42)55-51-25-12-10-23-47(51)49-36-54-50(35-53(49)55)48-24-11-13-26-52(48)56(54)46-33-43(38-17-6-2-7-18-38)31-44(34-46)39-19-8-3-9-20-39;1-3-13-33(14-4-1)35-25-27-36(28-26-35)38-18-12-20-40(30-38)50-46-24-10-8-22-42(46)44-31-47-43(32-48(44)50)41-21-7-9-23-45(41)49(47)39-19-11-17-37(29-39)34-15-5-2-6-16-34/h1-36H;1-32H. The third-order valence-corrected chi connectivity index (χ3v) is 21.4. The Morgan fingerprint density at radius 2 is 0.302 bits per heavy atom. The van der Waals surface area contributed by atoms with E-state index in [1.807, 2.05) is 0 Å². The smallest absolute Gasteiger partial charge is 0.0548 e. The van der Waals surface area contributed by atoms with Crippen molar-refractivity contribution >= 4 is 87.2 Å². The lowest BCUT2D eigenvalue weighted by molar-refractivity contribution is 1.17. The van der Waals surface area contributed by atoms with Crippen LogP contribution in [0.15, 0.2) is 413 Å². The average Bonchev–Trinajstić information content (AvgIpc) is 1.56. The Kier molecular flexibility index (Phi) is 15.2. The number of rotatable bonds is 11. The summed E-state index contributed by atoms with van der Waals surface area (Å²) in [5.41, 5.74) is 31.1. The molecule has 0 aliphatic carbocycles. The number of benzene rings is 17. The van der Waals surface area contributed by atoms with Crippen LogP contribution in [0.2, 0.25) is 0 Å². The van der Waals surface area contributed by atoms with E-state index in [-0.39, 0.29) is 0 Å². The zero-order valence-electron chi connectivity index (χ0n) is 58.0. The molecule has 17 aromatic carbocycles. The van der Waals surface area contributed by atoms with Crippen molar-refractivity contribution in [1.29, 1.82) is 0 Å². The summed E-state index contributed by atoms with van der Waals surface area (Å²) >= 11 is 0. The number of hydrogen-bond acceptors (Lipinski definition) is 0. The van der Waals surface area contributed by atoms with Crippen LogP contribution in [0.1, 0.15) is 0 Å². The zero-order chi connectivity index (χ0) is 70.0. The SMILES string of the molecule is c1ccc(-c2ccc(-c3cccc(-n4c5ccccc5c5cc6c(cc54)c4ccccc4n6-c4cc(-c5ccccc5)cc(-c5ccccc5)c4)c3)cc2)cc1.c1ccc(-c2ccc(-c3cccc(-n4c5ccccc5c5cc6c(cc54)c4ccccc4n6-c4cccc(-c5ccccc5)c4)c3)cc2)cc1. The van der Waals surface area contributed by atoms with E-state index in [0.29, 0.717) is 0 Å². The molecule has 0 aliphatic rings. The van der Waals surface area contributed by atoms with E-state index in [2.05, 4.69) is 431 Å². The van der Waals surface area contributed by atoms with E-state index in [0.717, 1.165) is 22.7 Å². The molecule has 0 radical (unpaired) electrons.